The lowest BCUT2D eigenvalue weighted by Gasteiger charge is -2.14. The topological polar surface area (TPSA) is 105 Å². The van der Waals surface area contributed by atoms with Crippen molar-refractivity contribution in [3.05, 3.63) is 16.7 Å². The summed E-state index contributed by atoms with van der Waals surface area (Å²) in [5.74, 6) is 0.370. The number of aromatic amines is 1. The van der Waals surface area contributed by atoms with Gasteiger partial charge in [0.1, 0.15) is 6.23 Å². The number of H-pyrrole nitrogens is 1. The summed E-state index contributed by atoms with van der Waals surface area (Å²) >= 11 is 0. The van der Waals surface area contributed by atoms with E-state index < -0.39 is 6.10 Å². The first-order valence-electron chi connectivity index (χ1n) is 6.62. The maximum absolute atomic E-state index is 11.9. The molecule has 1 unspecified atom stereocenters. The van der Waals surface area contributed by atoms with Gasteiger partial charge in [-0.25, -0.2) is 4.98 Å². The van der Waals surface area contributed by atoms with E-state index in [9.17, 15) is 9.90 Å². The Hall–Kier alpha value is -1.93. The van der Waals surface area contributed by atoms with Crippen molar-refractivity contribution in [1.82, 2.24) is 19.5 Å². The normalized spacial score (nSPS) is 26.2. The monoisotopic (exact) mass is 279 g/mol. The van der Waals surface area contributed by atoms with Gasteiger partial charge in [0.05, 0.1) is 18.5 Å². The Morgan fingerprint density at radius 2 is 2.45 bits per heavy atom. The molecule has 3 N–H and O–H groups in total. The molecule has 1 aliphatic heterocycles. The lowest BCUT2D eigenvalue weighted by atomic mass is 10.1. The first-order chi connectivity index (χ1) is 9.63. The summed E-state index contributed by atoms with van der Waals surface area (Å²) in [6, 6.07) is 0. The summed E-state index contributed by atoms with van der Waals surface area (Å²) in [6.45, 7) is 1.96. The number of nitrogens with zero attached hydrogens (tertiary/aromatic N) is 3. The molecule has 8 heteroatoms. The van der Waals surface area contributed by atoms with E-state index in [4.69, 9.17) is 4.74 Å². The summed E-state index contributed by atoms with van der Waals surface area (Å²) in [5.41, 5.74) is 0.415. The van der Waals surface area contributed by atoms with Gasteiger partial charge >= 0.3 is 0 Å². The molecule has 0 saturated carbocycles. The average Bonchev–Trinajstić information content (AvgIpc) is 3.01. The SMILES string of the molecule is CC[C@H]1O[C@@H](n2cnc3c(=O)[nH]c(NC)nc32)CC1O. The molecule has 1 fully saturated rings. The van der Waals surface area contributed by atoms with Crippen LogP contribution in [0, 0.1) is 0 Å². The molecule has 0 aromatic carbocycles. The number of ether oxygens (including phenoxy) is 1. The van der Waals surface area contributed by atoms with Gasteiger partial charge in [-0.1, -0.05) is 6.92 Å². The van der Waals surface area contributed by atoms with E-state index in [1.807, 2.05) is 6.92 Å². The Balaban J connectivity index is 2.05. The number of hydrogen-bond donors (Lipinski definition) is 3. The van der Waals surface area contributed by atoms with Crippen molar-refractivity contribution in [3.8, 4) is 0 Å². The molecule has 3 heterocycles. The van der Waals surface area contributed by atoms with Crippen molar-refractivity contribution in [2.24, 2.45) is 0 Å². The molecular formula is C12H17N5O3. The number of nitrogens with one attached hydrogen (secondary N) is 2. The minimum atomic E-state index is -0.506. The van der Waals surface area contributed by atoms with E-state index in [-0.39, 0.29) is 23.4 Å². The molecule has 20 heavy (non-hydrogen) atoms. The van der Waals surface area contributed by atoms with E-state index in [1.54, 1.807) is 11.6 Å². The summed E-state index contributed by atoms with van der Waals surface area (Å²) in [7, 11) is 1.67. The minimum absolute atomic E-state index is 0.191. The smallest absolute Gasteiger partial charge is 0.280 e. The second-order valence-electron chi connectivity index (χ2n) is 4.83. The lowest BCUT2D eigenvalue weighted by molar-refractivity contribution is -0.0183. The number of fused-ring (bicyclic) bond motifs is 1. The Morgan fingerprint density at radius 1 is 1.65 bits per heavy atom. The Kier molecular flexibility index (Phi) is 3.19. The number of aliphatic hydroxyl groups excluding tert-OH is 1. The van der Waals surface area contributed by atoms with Gasteiger partial charge in [0.2, 0.25) is 5.95 Å². The maximum Gasteiger partial charge on any atom is 0.280 e. The minimum Gasteiger partial charge on any atom is -0.390 e. The third kappa shape index (κ3) is 1.97. The molecule has 0 amide bonds. The molecule has 0 spiro atoms. The number of aromatic nitrogens is 4. The average molecular weight is 279 g/mol. The predicted molar refractivity (Wildman–Crippen MR) is 72.5 cm³/mol. The molecule has 0 radical (unpaired) electrons. The van der Waals surface area contributed by atoms with Gasteiger partial charge in [-0.15, -0.1) is 0 Å². The first kappa shape index (κ1) is 13.1. The first-order valence-corrected chi connectivity index (χ1v) is 6.62. The Morgan fingerprint density at radius 3 is 3.10 bits per heavy atom. The van der Waals surface area contributed by atoms with Crippen molar-refractivity contribution in [3.63, 3.8) is 0 Å². The molecular weight excluding hydrogens is 262 g/mol. The van der Waals surface area contributed by atoms with Crippen LogP contribution in [0.15, 0.2) is 11.1 Å². The largest absolute Gasteiger partial charge is 0.390 e. The summed E-state index contributed by atoms with van der Waals surface area (Å²) in [6.07, 6.45) is 1.69. The van der Waals surface area contributed by atoms with Crippen LogP contribution in [0.2, 0.25) is 0 Å². The third-order valence-electron chi connectivity index (χ3n) is 3.59. The van der Waals surface area contributed by atoms with Crippen LogP contribution in [-0.4, -0.2) is 43.9 Å². The molecule has 108 valence electrons. The fourth-order valence-electron chi connectivity index (χ4n) is 2.51. The quantitative estimate of drug-likeness (QED) is 0.742. The zero-order valence-electron chi connectivity index (χ0n) is 11.3. The maximum atomic E-state index is 11.9. The van der Waals surface area contributed by atoms with E-state index in [0.717, 1.165) is 6.42 Å². The molecule has 1 aliphatic rings. The molecule has 8 nitrogen and oxygen atoms in total. The fourth-order valence-corrected chi connectivity index (χ4v) is 2.51. The van der Waals surface area contributed by atoms with Crippen molar-refractivity contribution in [2.45, 2.75) is 38.2 Å². The molecule has 1 saturated heterocycles. The number of imidazole rings is 1. The Bertz CT molecular complexity index is 679. The van der Waals surface area contributed by atoms with Crippen LogP contribution in [0.1, 0.15) is 26.0 Å². The van der Waals surface area contributed by atoms with Gasteiger partial charge in [0.25, 0.3) is 5.56 Å². The van der Waals surface area contributed by atoms with Crippen LogP contribution in [0.5, 0.6) is 0 Å². The molecule has 3 rings (SSSR count). The highest BCUT2D eigenvalue weighted by atomic mass is 16.5. The summed E-state index contributed by atoms with van der Waals surface area (Å²) in [5, 5.41) is 12.7. The van der Waals surface area contributed by atoms with Gasteiger partial charge in [-0.05, 0) is 6.42 Å². The highest BCUT2D eigenvalue weighted by molar-refractivity contribution is 5.70. The van der Waals surface area contributed by atoms with Crippen molar-refractivity contribution in [2.75, 3.05) is 12.4 Å². The molecule has 3 atom stereocenters. The number of anilines is 1. The second-order valence-corrected chi connectivity index (χ2v) is 4.83. The highest BCUT2D eigenvalue weighted by Gasteiger charge is 2.34. The summed E-state index contributed by atoms with van der Waals surface area (Å²) < 4.78 is 7.49. The molecule has 0 aliphatic carbocycles. The number of hydrogen-bond acceptors (Lipinski definition) is 6. The van der Waals surface area contributed by atoms with E-state index in [2.05, 4.69) is 20.3 Å². The van der Waals surface area contributed by atoms with Crippen molar-refractivity contribution in [1.29, 1.82) is 0 Å². The zero-order chi connectivity index (χ0) is 14.3. The van der Waals surface area contributed by atoms with Gasteiger partial charge in [0.15, 0.2) is 11.2 Å². The standard InChI is InChI=1S/C12H17N5O3/c1-3-7-6(18)4-8(20-7)17-5-14-9-10(17)15-12(13-2)16-11(9)19/h5-8,18H,3-4H2,1-2H3,(H2,13,15,16,19)/t6?,7-,8-/m1/s1. The van der Waals surface area contributed by atoms with Gasteiger partial charge in [0, 0.05) is 13.5 Å². The van der Waals surface area contributed by atoms with Crippen LogP contribution in [-0.2, 0) is 4.74 Å². The molecule has 2 aromatic rings. The van der Waals surface area contributed by atoms with Gasteiger partial charge in [-0.3, -0.25) is 14.3 Å². The zero-order valence-corrected chi connectivity index (χ0v) is 11.3. The number of aliphatic hydroxyl groups is 1. The van der Waals surface area contributed by atoms with Gasteiger partial charge in [-0.2, -0.15) is 4.98 Å². The van der Waals surface area contributed by atoms with Crippen LogP contribution in [0.3, 0.4) is 0 Å². The van der Waals surface area contributed by atoms with Crippen molar-refractivity contribution >= 4 is 17.1 Å². The van der Waals surface area contributed by atoms with E-state index >= 15 is 0 Å². The fraction of sp³-hybridized carbons (Fsp3) is 0.583. The summed E-state index contributed by atoms with van der Waals surface area (Å²) in [4.78, 5) is 22.8. The molecule has 2 aromatic heterocycles. The third-order valence-corrected chi connectivity index (χ3v) is 3.59. The van der Waals surface area contributed by atoms with Crippen LogP contribution in [0.25, 0.3) is 11.2 Å². The second kappa shape index (κ2) is 4.88. The van der Waals surface area contributed by atoms with Crippen molar-refractivity contribution < 1.29 is 9.84 Å². The number of rotatable bonds is 3. The highest BCUT2D eigenvalue weighted by Crippen LogP contribution is 2.31. The van der Waals surface area contributed by atoms with Crippen LogP contribution < -0.4 is 10.9 Å². The van der Waals surface area contributed by atoms with Crippen LogP contribution in [0.4, 0.5) is 5.95 Å². The van der Waals surface area contributed by atoms with Crippen LogP contribution >= 0.6 is 0 Å². The van der Waals surface area contributed by atoms with Gasteiger partial charge < -0.3 is 15.2 Å². The lowest BCUT2D eigenvalue weighted by Crippen LogP contribution is -2.19. The molecule has 0 bridgehead atoms. The Labute approximate surface area is 114 Å². The van der Waals surface area contributed by atoms with E-state index in [0.29, 0.717) is 18.0 Å². The van der Waals surface area contributed by atoms with E-state index in [1.165, 1.54) is 6.33 Å². The predicted octanol–water partition coefficient (Wildman–Crippen LogP) is 0.220.